The van der Waals surface area contributed by atoms with Crippen molar-refractivity contribution in [2.24, 2.45) is 0 Å². The van der Waals surface area contributed by atoms with E-state index in [9.17, 15) is 14.7 Å². The Kier molecular flexibility index (Phi) is 6.90. The van der Waals surface area contributed by atoms with E-state index >= 15 is 0 Å². The Morgan fingerprint density at radius 1 is 0.917 bits per heavy atom. The molecule has 1 saturated carbocycles. The average molecular weight is 494 g/mol. The van der Waals surface area contributed by atoms with Crippen molar-refractivity contribution in [1.82, 2.24) is 9.80 Å². The van der Waals surface area contributed by atoms with Crippen LogP contribution >= 0.6 is 0 Å². The third kappa shape index (κ3) is 4.67. The first-order chi connectivity index (χ1) is 17.4. The van der Waals surface area contributed by atoms with Crippen LogP contribution in [-0.2, 0) is 6.54 Å². The predicted octanol–water partition coefficient (Wildman–Crippen LogP) is 3.32. The Bertz CT molecular complexity index is 1140. The lowest BCUT2D eigenvalue weighted by molar-refractivity contribution is -0.0177. The summed E-state index contributed by atoms with van der Waals surface area (Å²) in [5, 5.41) is 11.0. The van der Waals surface area contributed by atoms with Crippen LogP contribution in [0.15, 0.2) is 36.4 Å². The maximum Gasteiger partial charge on any atom is 0.263 e. The van der Waals surface area contributed by atoms with Crippen LogP contribution in [0.5, 0.6) is 11.5 Å². The fraction of sp³-hybridized carbons (Fsp3) is 0.500. The monoisotopic (exact) mass is 493 g/mol. The molecule has 3 aliphatic rings. The Labute approximate surface area is 212 Å². The lowest BCUT2D eigenvalue weighted by Crippen LogP contribution is -2.47. The molecule has 0 unspecified atom stereocenters. The van der Waals surface area contributed by atoms with Gasteiger partial charge in [-0.1, -0.05) is 31.4 Å². The molecule has 0 radical (unpaired) electrons. The molecule has 2 aromatic carbocycles. The Balaban J connectivity index is 1.28. The number of imide groups is 1. The van der Waals surface area contributed by atoms with Crippen LogP contribution in [0.2, 0.25) is 0 Å². The molecule has 5 rings (SSSR count). The highest BCUT2D eigenvalue weighted by Crippen LogP contribution is 2.36. The van der Waals surface area contributed by atoms with Crippen LogP contribution in [0.1, 0.15) is 58.4 Å². The summed E-state index contributed by atoms with van der Waals surface area (Å²) in [6, 6.07) is 11.4. The third-order valence-corrected chi connectivity index (χ3v) is 7.81. The van der Waals surface area contributed by atoms with Crippen molar-refractivity contribution in [2.75, 3.05) is 51.8 Å². The van der Waals surface area contributed by atoms with Crippen LogP contribution in [0, 0.1) is 0 Å². The summed E-state index contributed by atoms with van der Waals surface area (Å²) in [4.78, 5) is 32.4. The number of ether oxygens (including phenoxy) is 2. The first-order valence-electron chi connectivity index (χ1n) is 12.8. The summed E-state index contributed by atoms with van der Waals surface area (Å²) in [6.45, 7) is 3.99. The van der Waals surface area contributed by atoms with E-state index < -0.39 is 5.60 Å². The number of β-amino-alcohol motifs (C(OH)–C–C–N with tert-alkyl or cyclic N) is 1. The first kappa shape index (κ1) is 24.6. The van der Waals surface area contributed by atoms with E-state index in [0.717, 1.165) is 74.7 Å². The summed E-state index contributed by atoms with van der Waals surface area (Å²) in [5.74, 6) is 1.000. The van der Waals surface area contributed by atoms with Crippen LogP contribution in [0.4, 0.5) is 5.69 Å². The van der Waals surface area contributed by atoms with Crippen LogP contribution in [0.3, 0.4) is 0 Å². The van der Waals surface area contributed by atoms with Gasteiger partial charge in [-0.05, 0) is 31.0 Å². The minimum absolute atomic E-state index is 0.0796. The summed E-state index contributed by atoms with van der Waals surface area (Å²) < 4.78 is 10.9. The van der Waals surface area contributed by atoms with Gasteiger partial charge in [0.25, 0.3) is 11.8 Å². The lowest BCUT2D eigenvalue weighted by Gasteiger charge is -2.37. The summed E-state index contributed by atoms with van der Waals surface area (Å²) >= 11 is 0. The molecule has 2 fully saturated rings. The quantitative estimate of drug-likeness (QED) is 0.593. The van der Waals surface area contributed by atoms with Gasteiger partial charge in [0, 0.05) is 44.4 Å². The molecule has 0 aromatic heterocycles. The van der Waals surface area contributed by atoms with E-state index in [1.165, 1.54) is 4.90 Å². The van der Waals surface area contributed by atoms with E-state index in [-0.39, 0.29) is 18.4 Å². The van der Waals surface area contributed by atoms with Crippen molar-refractivity contribution >= 4 is 17.5 Å². The van der Waals surface area contributed by atoms with E-state index in [1.54, 1.807) is 20.3 Å². The highest BCUT2D eigenvalue weighted by Gasteiger charge is 2.43. The first-order valence-corrected chi connectivity index (χ1v) is 12.8. The smallest absolute Gasteiger partial charge is 0.263 e. The molecule has 1 N–H and O–H groups in total. The van der Waals surface area contributed by atoms with Crippen molar-refractivity contribution in [3.8, 4) is 11.5 Å². The molecule has 0 spiro atoms. The zero-order valence-electron chi connectivity index (χ0n) is 21.2. The molecule has 36 heavy (non-hydrogen) atoms. The largest absolute Gasteiger partial charge is 0.497 e. The molecule has 0 atom stereocenters. The zero-order valence-corrected chi connectivity index (χ0v) is 21.2. The second-order valence-corrected chi connectivity index (χ2v) is 10.1. The van der Waals surface area contributed by atoms with Crippen molar-refractivity contribution in [1.29, 1.82) is 0 Å². The van der Waals surface area contributed by atoms with Gasteiger partial charge < -0.3 is 19.5 Å². The van der Waals surface area contributed by atoms with Gasteiger partial charge in [-0.3, -0.25) is 19.4 Å². The normalized spacial score (nSPS) is 20.0. The summed E-state index contributed by atoms with van der Waals surface area (Å²) in [7, 11) is 3.31. The maximum atomic E-state index is 13.4. The van der Waals surface area contributed by atoms with E-state index in [2.05, 4.69) is 9.80 Å². The predicted molar refractivity (Wildman–Crippen MR) is 137 cm³/mol. The van der Waals surface area contributed by atoms with Gasteiger partial charge in [-0.25, -0.2) is 0 Å². The van der Waals surface area contributed by atoms with Crippen LogP contribution in [-0.4, -0.2) is 79.3 Å². The minimum Gasteiger partial charge on any atom is -0.497 e. The molecule has 8 heteroatoms. The number of benzene rings is 2. The van der Waals surface area contributed by atoms with E-state index in [1.807, 2.05) is 30.3 Å². The van der Waals surface area contributed by atoms with Crippen molar-refractivity contribution in [3.05, 3.63) is 53.1 Å². The molecule has 192 valence electrons. The number of carbonyl (C=O) groups excluding carboxylic acids is 2. The molecule has 8 nitrogen and oxygen atoms in total. The van der Waals surface area contributed by atoms with E-state index in [4.69, 9.17) is 9.47 Å². The fourth-order valence-corrected chi connectivity index (χ4v) is 5.76. The number of fused-ring (bicyclic) bond motifs is 1. The number of amides is 2. The number of hydrogen-bond donors (Lipinski definition) is 1. The maximum absolute atomic E-state index is 13.4. The third-order valence-electron chi connectivity index (χ3n) is 7.81. The molecule has 1 saturated heterocycles. The number of aliphatic hydroxyl groups is 1. The Morgan fingerprint density at radius 3 is 2.36 bits per heavy atom. The Hall–Kier alpha value is -3.10. The standard InChI is InChI=1S/C28H35N3O5/c1-35-21-10-9-20(24(17-21)36-2)18-29-13-15-30(16-14-29)23-8-6-7-22-25(23)27(33)31(26(22)32)19-28(34)11-4-3-5-12-28/h6-10,17,34H,3-5,11-16,18-19H2,1-2H3. The molecule has 2 heterocycles. The molecule has 2 aliphatic heterocycles. The number of nitrogens with zero attached hydrogens (tertiary/aromatic N) is 3. The van der Waals surface area contributed by atoms with Gasteiger partial charge in [0.2, 0.25) is 0 Å². The van der Waals surface area contributed by atoms with Gasteiger partial charge in [-0.2, -0.15) is 0 Å². The minimum atomic E-state index is -0.972. The number of hydrogen-bond acceptors (Lipinski definition) is 7. The number of anilines is 1. The van der Waals surface area contributed by atoms with Crippen molar-refractivity contribution in [2.45, 2.75) is 44.2 Å². The second-order valence-electron chi connectivity index (χ2n) is 10.1. The molecular formula is C28H35N3O5. The molecular weight excluding hydrogens is 458 g/mol. The lowest BCUT2D eigenvalue weighted by atomic mass is 9.84. The van der Waals surface area contributed by atoms with Crippen molar-refractivity contribution < 1.29 is 24.2 Å². The SMILES string of the molecule is COc1ccc(CN2CCN(c3cccc4c3C(=O)N(CC3(O)CCCCC3)C4=O)CC2)c(OC)c1. The van der Waals surface area contributed by atoms with Crippen LogP contribution < -0.4 is 14.4 Å². The zero-order chi connectivity index (χ0) is 25.3. The second kappa shape index (κ2) is 10.1. The average Bonchev–Trinajstić information content (AvgIpc) is 3.14. The Morgan fingerprint density at radius 2 is 1.67 bits per heavy atom. The number of methoxy groups -OCH3 is 2. The van der Waals surface area contributed by atoms with Crippen molar-refractivity contribution in [3.63, 3.8) is 0 Å². The topological polar surface area (TPSA) is 82.5 Å². The highest BCUT2D eigenvalue weighted by molar-refractivity contribution is 6.23. The van der Waals surface area contributed by atoms with Gasteiger partial charge in [0.05, 0.1) is 43.2 Å². The summed E-state index contributed by atoms with van der Waals surface area (Å²) in [5.41, 5.74) is 1.87. The number of carbonyl (C=O) groups is 2. The summed E-state index contributed by atoms with van der Waals surface area (Å²) in [6.07, 6.45) is 4.21. The number of rotatable bonds is 7. The molecule has 2 amide bonds. The molecule has 1 aliphatic carbocycles. The van der Waals surface area contributed by atoms with Gasteiger partial charge in [0.15, 0.2) is 0 Å². The van der Waals surface area contributed by atoms with Gasteiger partial charge >= 0.3 is 0 Å². The van der Waals surface area contributed by atoms with Gasteiger partial charge in [0.1, 0.15) is 11.5 Å². The van der Waals surface area contributed by atoms with Gasteiger partial charge in [-0.15, -0.1) is 0 Å². The molecule has 0 bridgehead atoms. The molecule has 2 aromatic rings. The van der Waals surface area contributed by atoms with E-state index in [0.29, 0.717) is 24.0 Å². The fourth-order valence-electron chi connectivity index (χ4n) is 5.76. The highest BCUT2D eigenvalue weighted by atomic mass is 16.5. The van der Waals surface area contributed by atoms with Crippen LogP contribution in [0.25, 0.3) is 0 Å². The number of piperazine rings is 1.